The summed E-state index contributed by atoms with van der Waals surface area (Å²) < 4.78 is 76.1. The number of hydrogen-bond donors (Lipinski definition) is 0. The van der Waals surface area contributed by atoms with Crippen molar-refractivity contribution in [3.05, 3.63) is 30.3 Å². The highest BCUT2D eigenvalue weighted by atomic mass is 31.3. The Labute approximate surface area is 184 Å². The van der Waals surface area contributed by atoms with Crippen LogP contribution in [0.2, 0.25) is 0 Å². The summed E-state index contributed by atoms with van der Waals surface area (Å²) in [6.45, 7) is 7.01. The van der Waals surface area contributed by atoms with Gasteiger partial charge >= 0.3 is 23.5 Å². The molecule has 0 aliphatic rings. The third-order valence-corrected chi connectivity index (χ3v) is 8.80. The molecule has 10 nitrogen and oxygen atoms in total. The topological polar surface area (TPSA) is 116 Å². The van der Waals surface area contributed by atoms with Gasteiger partial charge in [-0.05, 0) is 37.8 Å². The molecule has 0 aliphatic heterocycles. The minimum absolute atomic E-state index is 0.0132. The third kappa shape index (κ3) is 11.2. The summed E-state index contributed by atoms with van der Waals surface area (Å²) >= 11 is 0. The maximum absolute atomic E-state index is 13.4. The molecule has 0 fully saturated rings. The zero-order valence-corrected chi connectivity index (χ0v) is 21.2. The largest absolute Gasteiger partial charge is 0.539 e. The Morgan fingerprint density at radius 3 is 1.42 bits per heavy atom. The average molecular weight is 502 g/mol. The third-order valence-electron chi connectivity index (χ3n) is 3.17. The van der Waals surface area contributed by atoms with E-state index in [9.17, 15) is 13.7 Å². The highest BCUT2D eigenvalue weighted by molar-refractivity contribution is 7.68. The lowest BCUT2D eigenvalue weighted by Crippen LogP contribution is -2.08. The van der Waals surface area contributed by atoms with Crippen molar-refractivity contribution in [2.75, 3.05) is 26.4 Å². The van der Waals surface area contributed by atoms with E-state index >= 15 is 0 Å². The number of phosphoric ester groups is 2. The quantitative estimate of drug-likeness (QED) is 0.192. The standard InChI is InChI=1S/C18H33O10P3/c1-5-14-22-29(19,23-15-6-2)27-31(21,25-17-8-4)28-30(20,24-16-7-3)26-18-12-10-9-11-13-18/h9-13H,5-8,14-17H2,1-4H3. The monoisotopic (exact) mass is 502 g/mol. The molecule has 0 radical (unpaired) electrons. The normalized spacial score (nSPS) is 15.9. The van der Waals surface area contributed by atoms with Gasteiger partial charge in [0.15, 0.2) is 0 Å². The van der Waals surface area contributed by atoms with Crippen LogP contribution >= 0.6 is 23.5 Å². The van der Waals surface area contributed by atoms with Gasteiger partial charge in [0.25, 0.3) is 0 Å². The molecule has 2 atom stereocenters. The zero-order chi connectivity index (χ0) is 23.2. The number of para-hydroxylation sites is 1. The Morgan fingerprint density at radius 1 is 0.581 bits per heavy atom. The van der Waals surface area contributed by atoms with Crippen LogP contribution in [-0.2, 0) is 40.4 Å². The molecule has 0 bridgehead atoms. The summed E-state index contributed by atoms with van der Waals surface area (Å²) in [5.41, 5.74) is 0. The first-order valence-electron chi connectivity index (χ1n) is 10.3. The van der Waals surface area contributed by atoms with E-state index in [1.807, 2.05) is 0 Å². The molecule has 0 heterocycles. The molecule has 0 amide bonds. The molecule has 180 valence electrons. The van der Waals surface area contributed by atoms with E-state index in [0.29, 0.717) is 25.7 Å². The van der Waals surface area contributed by atoms with E-state index in [4.69, 9.17) is 31.2 Å². The fourth-order valence-corrected chi connectivity index (χ4v) is 7.44. The molecule has 0 saturated heterocycles. The second-order valence-corrected chi connectivity index (χ2v) is 11.4. The molecule has 31 heavy (non-hydrogen) atoms. The van der Waals surface area contributed by atoms with E-state index in [-0.39, 0.29) is 32.2 Å². The lowest BCUT2D eigenvalue weighted by atomic mass is 10.3. The van der Waals surface area contributed by atoms with Crippen molar-refractivity contribution >= 4 is 23.5 Å². The summed E-state index contributed by atoms with van der Waals surface area (Å²) in [6.07, 6.45) is 1.90. The van der Waals surface area contributed by atoms with Crippen LogP contribution in [0.1, 0.15) is 53.4 Å². The Balaban J connectivity index is 3.19. The van der Waals surface area contributed by atoms with Crippen LogP contribution in [0, 0.1) is 0 Å². The van der Waals surface area contributed by atoms with Crippen LogP contribution in [0.3, 0.4) is 0 Å². The van der Waals surface area contributed by atoms with Crippen molar-refractivity contribution in [2.24, 2.45) is 0 Å². The van der Waals surface area contributed by atoms with Gasteiger partial charge in [0.1, 0.15) is 5.75 Å². The second-order valence-electron chi connectivity index (χ2n) is 6.24. The Kier molecular flexibility index (Phi) is 13.4. The molecule has 2 unspecified atom stereocenters. The minimum atomic E-state index is -4.76. The van der Waals surface area contributed by atoms with E-state index < -0.39 is 23.5 Å². The molecule has 13 heteroatoms. The number of rotatable bonds is 18. The van der Waals surface area contributed by atoms with Gasteiger partial charge in [0.2, 0.25) is 0 Å². The lowest BCUT2D eigenvalue weighted by Gasteiger charge is -2.25. The predicted molar refractivity (Wildman–Crippen MR) is 117 cm³/mol. The molecule has 0 aliphatic carbocycles. The first kappa shape index (κ1) is 28.5. The van der Waals surface area contributed by atoms with Crippen LogP contribution in [0.25, 0.3) is 0 Å². The fourth-order valence-electron chi connectivity index (χ4n) is 1.88. The Morgan fingerprint density at radius 2 is 0.968 bits per heavy atom. The number of phosphoric acid groups is 3. The van der Waals surface area contributed by atoms with Crippen molar-refractivity contribution < 1.29 is 44.9 Å². The molecule has 0 saturated carbocycles. The molecule has 1 aromatic carbocycles. The first-order chi connectivity index (χ1) is 14.7. The minimum Gasteiger partial charge on any atom is -0.404 e. The SMILES string of the molecule is CCCOP(=O)(OCCC)OP(=O)(OCCC)OP(=O)(OCCC)Oc1ccccc1. The lowest BCUT2D eigenvalue weighted by molar-refractivity contribution is 0.119. The highest BCUT2D eigenvalue weighted by Gasteiger charge is 2.48. The summed E-state index contributed by atoms with van der Waals surface area (Å²) in [4.78, 5) is 0. The van der Waals surface area contributed by atoms with Crippen molar-refractivity contribution in [1.82, 2.24) is 0 Å². The average Bonchev–Trinajstić information content (AvgIpc) is 2.74. The number of benzene rings is 1. The molecule has 0 spiro atoms. The summed E-state index contributed by atoms with van der Waals surface area (Å²) in [6, 6.07) is 8.06. The van der Waals surface area contributed by atoms with E-state index in [2.05, 4.69) is 0 Å². The van der Waals surface area contributed by atoms with Crippen molar-refractivity contribution in [1.29, 1.82) is 0 Å². The van der Waals surface area contributed by atoms with Crippen molar-refractivity contribution in [3.63, 3.8) is 0 Å². The van der Waals surface area contributed by atoms with Gasteiger partial charge in [-0.15, -0.1) is 0 Å². The van der Waals surface area contributed by atoms with Crippen LogP contribution < -0.4 is 4.52 Å². The van der Waals surface area contributed by atoms with E-state index in [1.165, 1.54) is 12.1 Å². The highest BCUT2D eigenvalue weighted by Crippen LogP contribution is 2.72. The van der Waals surface area contributed by atoms with Gasteiger partial charge < -0.3 is 4.52 Å². The van der Waals surface area contributed by atoms with E-state index in [1.54, 1.807) is 45.9 Å². The van der Waals surface area contributed by atoms with Crippen LogP contribution in [-0.4, -0.2) is 26.4 Å². The second kappa shape index (κ2) is 14.6. The maximum Gasteiger partial charge on any atom is 0.539 e. The van der Waals surface area contributed by atoms with Gasteiger partial charge in [0, 0.05) is 0 Å². The summed E-state index contributed by atoms with van der Waals surface area (Å²) in [7, 11) is -13.6. The predicted octanol–water partition coefficient (Wildman–Crippen LogP) is 7.13. The van der Waals surface area contributed by atoms with Gasteiger partial charge in [-0.3, -0.25) is 18.1 Å². The number of hydrogen-bond acceptors (Lipinski definition) is 10. The molecular weight excluding hydrogens is 469 g/mol. The summed E-state index contributed by atoms with van der Waals surface area (Å²) in [5.74, 6) is 0.150. The molecular formula is C18H33O10P3. The first-order valence-corrected chi connectivity index (χ1v) is 14.7. The van der Waals surface area contributed by atoms with Crippen LogP contribution in [0.15, 0.2) is 30.3 Å². The molecule has 0 aromatic heterocycles. The van der Waals surface area contributed by atoms with Gasteiger partial charge in [-0.25, -0.2) is 13.7 Å². The van der Waals surface area contributed by atoms with Gasteiger partial charge in [-0.1, -0.05) is 45.9 Å². The van der Waals surface area contributed by atoms with Crippen molar-refractivity contribution in [2.45, 2.75) is 53.4 Å². The smallest absolute Gasteiger partial charge is 0.404 e. The van der Waals surface area contributed by atoms with Crippen LogP contribution in [0.4, 0.5) is 0 Å². The van der Waals surface area contributed by atoms with Gasteiger partial charge in [-0.2, -0.15) is 8.62 Å². The van der Waals surface area contributed by atoms with Gasteiger partial charge in [0.05, 0.1) is 26.4 Å². The summed E-state index contributed by atoms with van der Waals surface area (Å²) in [5, 5.41) is 0. The van der Waals surface area contributed by atoms with Crippen molar-refractivity contribution in [3.8, 4) is 5.75 Å². The molecule has 1 aromatic rings. The Hall–Kier alpha value is -0.530. The maximum atomic E-state index is 13.4. The molecule has 0 N–H and O–H groups in total. The fraction of sp³-hybridized carbons (Fsp3) is 0.667. The van der Waals surface area contributed by atoms with E-state index in [0.717, 1.165) is 0 Å². The zero-order valence-electron chi connectivity index (χ0n) is 18.5. The molecule has 1 rings (SSSR count). The Bertz CT molecular complexity index is 746. The van der Waals surface area contributed by atoms with Crippen LogP contribution in [0.5, 0.6) is 5.75 Å².